The minimum absolute atomic E-state index is 0.0532. The lowest BCUT2D eigenvalue weighted by Crippen LogP contribution is -2.14. The molecule has 0 aliphatic heterocycles. The Labute approximate surface area is 110 Å². The lowest BCUT2D eigenvalue weighted by molar-refractivity contribution is 0.0310. The van der Waals surface area contributed by atoms with Gasteiger partial charge in [0.15, 0.2) is 23.3 Å². The summed E-state index contributed by atoms with van der Waals surface area (Å²) in [6, 6.07) is 0. The molecule has 0 aliphatic carbocycles. The van der Waals surface area contributed by atoms with Gasteiger partial charge < -0.3 is 14.2 Å². The molecule has 0 aromatic heterocycles. The minimum Gasteiger partial charge on any atom is -0.432 e. The second kappa shape index (κ2) is 7.04. The van der Waals surface area contributed by atoms with Gasteiger partial charge in [-0.15, -0.1) is 0 Å². The lowest BCUT2D eigenvalue weighted by atomic mass is 10.2. The zero-order valence-electron chi connectivity index (χ0n) is 10.1. The normalized spacial score (nSPS) is 10.5. The summed E-state index contributed by atoms with van der Waals surface area (Å²) in [7, 11) is 1.34. The van der Waals surface area contributed by atoms with Crippen LogP contribution in [-0.2, 0) is 20.8 Å². The second-order valence-electron chi connectivity index (χ2n) is 3.43. The molecule has 0 spiro atoms. The summed E-state index contributed by atoms with van der Waals surface area (Å²) in [6.45, 7) is -1.29. The van der Waals surface area contributed by atoms with Crippen molar-refractivity contribution in [1.82, 2.24) is 0 Å². The van der Waals surface area contributed by atoms with Crippen LogP contribution in [0.1, 0.15) is 5.56 Å². The number of ether oxygens (including phenoxy) is 3. The maximum absolute atomic E-state index is 13.2. The van der Waals surface area contributed by atoms with Crippen LogP contribution in [0.4, 0.5) is 26.7 Å². The zero-order chi connectivity index (χ0) is 15.3. The molecular weight excluding hydrogens is 291 g/mol. The molecule has 112 valence electrons. The number of benzene rings is 1. The number of carbonyl (C=O) groups excluding carboxylic acids is 1. The molecule has 0 amide bonds. The van der Waals surface area contributed by atoms with Gasteiger partial charge in [0.1, 0.15) is 13.2 Å². The van der Waals surface area contributed by atoms with E-state index in [2.05, 4.69) is 14.2 Å². The summed E-state index contributed by atoms with van der Waals surface area (Å²) in [5.74, 6) is -10.6. The van der Waals surface area contributed by atoms with E-state index >= 15 is 0 Å². The van der Waals surface area contributed by atoms with Crippen molar-refractivity contribution in [2.75, 3.05) is 20.3 Å². The van der Waals surface area contributed by atoms with Gasteiger partial charge in [0.05, 0.1) is 12.2 Å². The standard InChI is InChI=1S/C11H9F5O4/c1-18-2-3-19-11(17)20-4-5-6(12)8(14)10(16)9(15)7(5)13/h2-4H2,1H3. The number of carbonyl (C=O) groups is 1. The maximum Gasteiger partial charge on any atom is 0.508 e. The molecule has 1 rings (SSSR count). The van der Waals surface area contributed by atoms with Gasteiger partial charge in [0.25, 0.3) is 0 Å². The fourth-order valence-corrected chi connectivity index (χ4v) is 1.16. The van der Waals surface area contributed by atoms with Crippen molar-refractivity contribution >= 4 is 6.16 Å². The molecule has 0 aliphatic rings. The first-order valence-corrected chi connectivity index (χ1v) is 5.19. The fraction of sp³-hybridized carbons (Fsp3) is 0.364. The summed E-state index contributed by atoms with van der Waals surface area (Å²) in [5.41, 5.74) is -1.26. The first-order chi connectivity index (χ1) is 9.40. The van der Waals surface area contributed by atoms with E-state index < -0.39 is 47.4 Å². The van der Waals surface area contributed by atoms with E-state index in [1.165, 1.54) is 7.11 Å². The molecule has 9 heteroatoms. The van der Waals surface area contributed by atoms with Crippen molar-refractivity contribution in [2.45, 2.75) is 6.61 Å². The third-order valence-electron chi connectivity index (χ3n) is 2.14. The van der Waals surface area contributed by atoms with Gasteiger partial charge in [-0.25, -0.2) is 26.7 Å². The largest absolute Gasteiger partial charge is 0.508 e. The molecule has 0 fully saturated rings. The van der Waals surface area contributed by atoms with E-state index in [0.29, 0.717) is 0 Å². The van der Waals surface area contributed by atoms with Crippen molar-refractivity contribution in [3.05, 3.63) is 34.6 Å². The predicted molar refractivity (Wildman–Crippen MR) is 54.2 cm³/mol. The van der Waals surface area contributed by atoms with Gasteiger partial charge in [-0.1, -0.05) is 0 Å². The van der Waals surface area contributed by atoms with Crippen molar-refractivity contribution < 1.29 is 41.0 Å². The van der Waals surface area contributed by atoms with Crippen LogP contribution in [0.15, 0.2) is 0 Å². The molecule has 20 heavy (non-hydrogen) atoms. The van der Waals surface area contributed by atoms with Crippen LogP contribution in [0, 0.1) is 29.1 Å². The highest BCUT2D eigenvalue weighted by atomic mass is 19.2. The predicted octanol–water partition coefficient (Wildman–Crippen LogP) is 2.68. The van der Waals surface area contributed by atoms with E-state index in [4.69, 9.17) is 0 Å². The van der Waals surface area contributed by atoms with Crippen LogP contribution >= 0.6 is 0 Å². The van der Waals surface area contributed by atoms with Crippen molar-refractivity contribution in [2.24, 2.45) is 0 Å². The molecule has 0 saturated carbocycles. The number of rotatable bonds is 5. The summed E-state index contributed by atoms with van der Waals surface area (Å²) in [5, 5.41) is 0. The van der Waals surface area contributed by atoms with Gasteiger partial charge in [-0.3, -0.25) is 0 Å². The number of methoxy groups -OCH3 is 1. The highest BCUT2D eigenvalue weighted by Crippen LogP contribution is 2.23. The Morgan fingerprint density at radius 1 is 0.850 bits per heavy atom. The van der Waals surface area contributed by atoms with E-state index in [9.17, 15) is 26.7 Å². The Morgan fingerprint density at radius 3 is 1.85 bits per heavy atom. The van der Waals surface area contributed by atoms with Crippen LogP contribution in [0.25, 0.3) is 0 Å². The second-order valence-corrected chi connectivity index (χ2v) is 3.43. The van der Waals surface area contributed by atoms with Crippen LogP contribution in [0.2, 0.25) is 0 Å². The summed E-state index contributed by atoms with van der Waals surface area (Å²) in [4.78, 5) is 10.9. The highest BCUT2D eigenvalue weighted by Gasteiger charge is 2.26. The number of hydrogen-bond acceptors (Lipinski definition) is 4. The minimum atomic E-state index is -2.29. The van der Waals surface area contributed by atoms with Gasteiger partial charge in [-0.05, 0) is 0 Å². The quantitative estimate of drug-likeness (QED) is 0.276. The average molecular weight is 300 g/mol. The van der Waals surface area contributed by atoms with Crippen LogP contribution in [0.3, 0.4) is 0 Å². The van der Waals surface area contributed by atoms with E-state index in [1.54, 1.807) is 0 Å². The van der Waals surface area contributed by atoms with Gasteiger partial charge in [-0.2, -0.15) is 0 Å². The molecule has 0 saturated heterocycles. The first kappa shape index (κ1) is 16.2. The molecule has 0 unspecified atom stereocenters. The zero-order valence-corrected chi connectivity index (χ0v) is 10.1. The molecule has 0 N–H and O–H groups in total. The number of halogens is 5. The molecule has 1 aromatic rings. The Hall–Kier alpha value is -1.90. The smallest absolute Gasteiger partial charge is 0.432 e. The summed E-state index contributed by atoms with van der Waals surface area (Å²) >= 11 is 0. The monoisotopic (exact) mass is 300 g/mol. The molecule has 0 atom stereocenters. The Kier molecular flexibility index (Phi) is 5.68. The maximum atomic E-state index is 13.2. The third kappa shape index (κ3) is 3.56. The molecule has 0 heterocycles. The van der Waals surface area contributed by atoms with E-state index in [-0.39, 0.29) is 13.2 Å². The third-order valence-corrected chi connectivity index (χ3v) is 2.14. The van der Waals surface area contributed by atoms with Crippen molar-refractivity contribution in [3.8, 4) is 0 Å². The van der Waals surface area contributed by atoms with E-state index in [0.717, 1.165) is 0 Å². The topological polar surface area (TPSA) is 44.8 Å². The molecule has 0 radical (unpaired) electrons. The highest BCUT2D eigenvalue weighted by molar-refractivity contribution is 5.59. The Morgan fingerprint density at radius 2 is 1.35 bits per heavy atom. The molecule has 4 nitrogen and oxygen atoms in total. The van der Waals surface area contributed by atoms with Crippen LogP contribution in [0.5, 0.6) is 0 Å². The van der Waals surface area contributed by atoms with Gasteiger partial charge in [0.2, 0.25) is 5.82 Å². The first-order valence-electron chi connectivity index (χ1n) is 5.19. The summed E-state index contributed by atoms with van der Waals surface area (Å²) < 4.78 is 77.9. The lowest BCUT2D eigenvalue weighted by Gasteiger charge is -2.09. The van der Waals surface area contributed by atoms with Gasteiger partial charge >= 0.3 is 6.16 Å². The van der Waals surface area contributed by atoms with Crippen LogP contribution in [-0.4, -0.2) is 26.5 Å². The Bertz CT molecular complexity index is 477. The molecule has 0 bridgehead atoms. The molecule has 1 aromatic carbocycles. The fourth-order valence-electron chi connectivity index (χ4n) is 1.16. The van der Waals surface area contributed by atoms with E-state index in [1.807, 2.05) is 0 Å². The molecular formula is C11H9F5O4. The van der Waals surface area contributed by atoms with Crippen molar-refractivity contribution in [1.29, 1.82) is 0 Å². The van der Waals surface area contributed by atoms with Crippen LogP contribution < -0.4 is 0 Å². The Balaban J connectivity index is 2.76. The number of hydrogen-bond donors (Lipinski definition) is 0. The van der Waals surface area contributed by atoms with Crippen molar-refractivity contribution in [3.63, 3.8) is 0 Å². The SMILES string of the molecule is COCCOC(=O)OCc1c(F)c(F)c(F)c(F)c1F. The average Bonchev–Trinajstić information content (AvgIpc) is 2.43. The van der Waals surface area contributed by atoms with Gasteiger partial charge in [0, 0.05) is 7.11 Å². The summed E-state index contributed by atoms with van der Waals surface area (Å²) in [6.07, 6.45) is -1.33.